The molecule has 0 spiro atoms. The molecule has 2 rings (SSSR count). The third-order valence-corrected chi connectivity index (χ3v) is 3.01. The molecule has 5 heteroatoms. The zero-order valence-corrected chi connectivity index (χ0v) is 9.26. The highest BCUT2D eigenvalue weighted by Crippen LogP contribution is 2.27. The van der Waals surface area contributed by atoms with Crippen LogP contribution in [-0.4, -0.2) is 12.7 Å². The third-order valence-electron chi connectivity index (χ3n) is 3.01. The van der Waals surface area contributed by atoms with E-state index >= 15 is 0 Å². The Morgan fingerprint density at radius 2 is 1.82 bits per heavy atom. The van der Waals surface area contributed by atoms with Crippen LogP contribution in [0.5, 0.6) is 0 Å². The molecule has 0 radical (unpaired) electrons. The van der Waals surface area contributed by atoms with Gasteiger partial charge in [-0.25, -0.2) is 13.2 Å². The fourth-order valence-corrected chi connectivity index (χ4v) is 2.04. The van der Waals surface area contributed by atoms with Gasteiger partial charge >= 0.3 is 0 Å². The molecule has 2 nitrogen and oxygen atoms in total. The minimum atomic E-state index is -1.21. The Hall–Kier alpha value is -1.07. The molecule has 2 atom stereocenters. The average molecular weight is 245 g/mol. The van der Waals surface area contributed by atoms with Crippen LogP contribution in [0.25, 0.3) is 0 Å². The highest BCUT2D eigenvalue weighted by molar-refractivity contribution is 5.24. The number of rotatable bonds is 2. The molecule has 1 saturated heterocycles. The van der Waals surface area contributed by atoms with Crippen molar-refractivity contribution in [1.29, 1.82) is 0 Å². The molecule has 0 bridgehead atoms. The Balaban J connectivity index is 2.23. The summed E-state index contributed by atoms with van der Waals surface area (Å²) in [4.78, 5) is 0. The lowest BCUT2D eigenvalue weighted by Gasteiger charge is -2.28. The van der Waals surface area contributed by atoms with Crippen molar-refractivity contribution in [3.05, 3.63) is 35.1 Å². The van der Waals surface area contributed by atoms with Crippen molar-refractivity contribution >= 4 is 0 Å². The fourth-order valence-electron chi connectivity index (χ4n) is 2.04. The molecule has 0 aromatic heterocycles. The molecular formula is C12H14F3NO. The number of benzene rings is 1. The first-order chi connectivity index (χ1) is 8.09. The average Bonchev–Trinajstić information content (AvgIpc) is 2.34. The molecule has 94 valence electrons. The van der Waals surface area contributed by atoms with Gasteiger partial charge in [0, 0.05) is 18.2 Å². The Bertz CT molecular complexity index is 405. The van der Waals surface area contributed by atoms with E-state index in [2.05, 4.69) is 0 Å². The van der Waals surface area contributed by atoms with Gasteiger partial charge in [-0.15, -0.1) is 0 Å². The fraction of sp³-hybridized carbons (Fsp3) is 0.500. The van der Waals surface area contributed by atoms with Crippen LogP contribution < -0.4 is 5.73 Å². The van der Waals surface area contributed by atoms with E-state index in [0.29, 0.717) is 19.1 Å². The maximum atomic E-state index is 13.5. The smallest absolute Gasteiger partial charge is 0.161 e. The lowest BCUT2D eigenvalue weighted by atomic mass is 9.96. The summed E-state index contributed by atoms with van der Waals surface area (Å²) in [5.41, 5.74) is 5.80. The van der Waals surface area contributed by atoms with Gasteiger partial charge in [-0.3, -0.25) is 0 Å². The predicted molar refractivity (Wildman–Crippen MR) is 56.8 cm³/mol. The summed E-state index contributed by atoms with van der Waals surface area (Å²) in [6.45, 7) is 0.573. The maximum absolute atomic E-state index is 13.5. The summed E-state index contributed by atoms with van der Waals surface area (Å²) in [7, 11) is 0. The molecule has 17 heavy (non-hydrogen) atoms. The van der Waals surface area contributed by atoms with Crippen molar-refractivity contribution in [2.75, 3.05) is 6.61 Å². The van der Waals surface area contributed by atoms with Gasteiger partial charge in [0.15, 0.2) is 11.6 Å². The van der Waals surface area contributed by atoms with Crippen molar-refractivity contribution in [2.45, 2.75) is 31.4 Å². The second kappa shape index (κ2) is 5.06. The summed E-state index contributed by atoms with van der Waals surface area (Å²) >= 11 is 0. The summed E-state index contributed by atoms with van der Waals surface area (Å²) in [6.07, 6.45) is 2.27. The van der Waals surface area contributed by atoms with Gasteiger partial charge in [-0.05, 0) is 25.3 Å². The van der Waals surface area contributed by atoms with Crippen LogP contribution in [0.1, 0.15) is 30.9 Å². The summed E-state index contributed by atoms with van der Waals surface area (Å²) in [5, 5.41) is 0. The van der Waals surface area contributed by atoms with E-state index in [9.17, 15) is 13.2 Å². The highest BCUT2D eigenvalue weighted by atomic mass is 19.2. The molecule has 2 N–H and O–H groups in total. The Morgan fingerprint density at radius 3 is 2.47 bits per heavy atom. The first-order valence-electron chi connectivity index (χ1n) is 5.61. The minimum Gasteiger partial charge on any atom is -0.376 e. The van der Waals surface area contributed by atoms with Gasteiger partial charge in [0.25, 0.3) is 0 Å². The van der Waals surface area contributed by atoms with Crippen LogP contribution in [-0.2, 0) is 4.74 Å². The number of ether oxygens (including phenoxy) is 1. The quantitative estimate of drug-likeness (QED) is 0.813. The van der Waals surface area contributed by atoms with Crippen LogP contribution in [0.15, 0.2) is 12.1 Å². The standard InChI is InChI=1S/C12H14F3NO/c13-8-6-10(15)9(14)5-7(8)12(16)11-3-1-2-4-17-11/h5-6,11-12H,1-4,16H2. The monoisotopic (exact) mass is 245 g/mol. The number of nitrogens with two attached hydrogens (primary N) is 1. The molecule has 1 fully saturated rings. The van der Waals surface area contributed by atoms with Crippen LogP contribution >= 0.6 is 0 Å². The first-order valence-corrected chi connectivity index (χ1v) is 5.61. The Morgan fingerprint density at radius 1 is 1.12 bits per heavy atom. The Labute approximate surface area is 97.6 Å². The topological polar surface area (TPSA) is 35.2 Å². The van der Waals surface area contributed by atoms with Gasteiger partial charge in [0.2, 0.25) is 0 Å². The minimum absolute atomic E-state index is 0.0317. The van der Waals surface area contributed by atoms with E-state index < -0.39 is 23.5 Å². The van der Waals surface area contributed by atoms with E-state index in [1.807, 2.05) is 0 Å². The molecule has 1 aromatic rings. The van der Waals surface area contributed by atoms with Gasteiger partial charge in [0.05, 0.1) is 12.1 Å². The van der Waals surface area contributed by atoms with Crippen molar-refractivity contribution in [2.24, 2.45) is 5.73 Å². The highest BCUT2D eigenvalue weighted by Gasteiger charge is 2.26. The number of halogens is 3. The molecule has 1 aliphatic rings. The van der Waals surface area contributed by atoms with E-state index in [-0.39, 0.29) is 11.7 Å². The zero-order chi connectivity index (χ0) is 12.4. The third kappa shape index (κ3) is 2.61. The van der Waals surface area contributed by atoms with E-state index in [1.165, 1.54) is 0 Å². The summed E-state index contributed by atoms with van der Waals surface area (Å²) in [6, 6.07) is 0.575. The maximum Gasteiger partial charge on any atom is 0.161 e. The zero-order valence-electron chi connectivity index (χ0n) is 9.26. The summed E-state index contributed by atoms with van der Waals surface area (Å²) < 4.78 is 44.7. The first kappa shape index (κ1) is 12.4. The molecule has 1 aliphatic heterocycles. The lowest BCUT2D eigenvalue weighted by Crippen LogP contribution is -2.32. The largest absolute Gasteiger partial charge is 0.376 e. The van der Waals surface area contributed by atoms with Crippen molar-refractivity contribution in [3.63, 3.8) is 0 Å². The van der Waals surface area contributed by atoms with E-state index in [4.69, 9.17) is 10.5 Å². The van der Waals surface area contributed by atoms with Gasteiger partial charge in [-0.2, -0.15) is 0 Å². The van der Waals surface area contributed by atoms with Gasteiger partial charge < -0.3 is 10.5 Å². The molecule has 0 aliphatic carbocycles. The number of hydrogen-bond acceptors (Lipinski definition) is 2. The van der Waals surface area contributed by atoms with Crippen LogP contribution in [0, 0.1) is 17.5 Å². The van der Waals surface area contributed by atoms with Gasteiger partial charge in [-0.1, -0.05) is 0 Å². The lowest BCUT2D eigenvalue weighted by molar-refractivity contribution is -0.000697. The Kier molecular flexibility index (Phi) is 3.69. The second-order valence-electron chi connectivity index (χ2n) is 4.22. The molecule has 2 unspecified atom stereocenters. The van der Waals surface area contributed by atoms with Crippen LogP contribution in [0.2, 0.25) is 0 Å². The normalized spacial score (nSPS) is 22.5. The van der Waals surface area contributed by atoms with Crippen LogP contribution in [0.4, 0.5) is 13.2 Å². The number of hydrogen-bond donors (Lipinski definition) is 1. The van der Waals surface area contributed by atoms with Crippen molar-refractivity contribution in [3.8, 4) is 0 Å². The molecular weight excluding hydrogens is 231 g/mol. The molecule has 1 heterocycles. The van der Waals surface area contributed by atoms with E-state index in [1.54, 1.807) is 0 Å². The molecule has 1 aromatic carbocycles. The second-order valence-corrected chi connectivity index (χ2v) is 4.22. The van der Waals surface area contributed by atoms with Crippen molar-refractivity contribution in [1.82, 2.24) is 0 Å². The van der Waals surface area contributed by atoms with Crippen molar-refractivity contribution < 1.29 is 17.9 Å². The van der Waals surface area contributed by atoms with Crippen LogP contribution in [0.3, 0.4) is 0 Å². The summed E-state index contributed by atoms with van der Waals surface area (Å²) in [5.74, 6) is -3.12. The van der Waals surface area contributed by atoms with E-state index in [0.717, 1.165) is 18.9 Å². The SMILES string of the molecule is NC(c1cc(F)c(F)cc1F)C1CCCCO1. The van der Waals surface area contributed by atoms with Gasteiger partial charge in [0.1, 0.15) is 5.82 Å². The predicted octanol–water partition coefficient (Wildman–Crippen LogP) is 2.67. The molecule has 0 amide bonds. The molecule has 0 saturated carbocycles.